The molecule has 0 aliphatic carbocycles. The predicted octanol–water partition coefficient (Wildman–Crippen LogP) is 1.20. The van der Waals surface area contributed by atoms with E-state index in [-0.39, 0.29) is 0 Å². The van der Waals surface area contributed by atoms with E-state index in [0.29, 0.717) is 5.82 Å². The van der Waals surface area contributed by atoms with Crippen molar-refractivity contribution in [2.45, 2.75) is 0 Å². The van der Waals surface area contributed by atoms with Crippen LogP contribution in [0.15, 0.2) is 42.9 Å². The quantitative estimate of drug-likeness (QED) is 0.764. The second-order valence-corrected chi connectivity index (χ2v) is 5.10. The second kappa shape index (κ2) is 5.14. The van der Waals surface area contributed by atoms with Crippen molar-refractivity contribution in [2.24, 2.45) is 0 Å². The lowest BCUT2D eigenvalue weighted by Gasteiger charge is -2.29. The van der Waals surface area contributed by atoms with Crippen molar-refractivity contribution in [3.63, 3.8) is 0 Å². The summed E-state index contributed by atoms with van der Waals surface area (Å²) in [5.74, 6) is 0.709. The Kier molecular flexibility index (Phi) is 3.01. The minimum atomic E-state index is 0.709. The van der Waals surface area contributed by atoms with E-state index in [1.54, 1.807) is 12.4 Å². The molecule has 4 rings (SSSR count). The Morgan fingerprint density at radius 2 is 2.05 bits per heavy atom. The van der Waals surface area contributed by atoms with Crippen LogP contribution in [0.25, 0.3) is 17.0 Å². The molecule has 1 aliphatic heterocycles. The predicted molar refractivity (Wildman–Crippen MR) is 81.3 cm³/mol. The standard InChI is InChI=1S/C15H16N6/c1-2-12(11-17-4-1)15-18-14-10-13(3-7-21(14)19-15)20-8-5-16-6-9-20/h1-4,7,10-11,16H,5-6,8-9H2. The first-order valence-corrected chi connectivity index (χ1v) is 7.13. The first-order chi connectivity index (χ1) is 10.4. The Labute approximate surface area is 122 Å². The highest BCUT2D eigenvalue weighted by atomic mass is 15.3. The van der Waals surface area contributed by atoms with Crippen LogP contribution in [0.4, 0.5) is 5.69 Å². The van der Waals surface area contributed by atoms with E-state index in [4.69, 9.17) is 0 Å². The van der Waals surface area contributed by atoms with E-state index >= 15 is 0 Å². The van der Waals surface area contributed by atoms with Crippen LogP contribution < -0.4 is 10.2 Å². The highest BCUT2D eigenvalue weighted by molar-refractivity contribution is 5.61. The monoisotopic (exact) mass is 280 g/mol. The first-order valence-electron chi connectivity index (χ1n) is 7.13. The number of anilines is 1. The van der Waals surface area contributed by atoms with Crippen molar-refractivity contribution < 1.29 is 0 Å². The number of rotatable bonds is 2. The van der Waals surface area contributed by atoms with E-state index < -0.39 is 0 Å². The van der Waals surface area contributed by atoms with Gasteiger partial charge in [0.1, 0.15) is 0 Å². The summed E-state index contributed by atoms with van der Waals surface area (Å²) in [6, 6.07) is 8.06. The third-order valence-electron chi connectivity index (χ3n) is 3.72. The van der Waals surface area contributed by atoms with Gasteiger partial charge in [0.25, 0.3) is 0 Å². The summed E-state index contributed by atoms with van der Waals surface area (Å²) in [6.07, 6.45) is 5.51. The maximum absolute atomic E-state index is 4.61. The van der Waals surface area contributed by atoms with Crippen molar-refractivity contribution in [2.75, 3.05) is 31.1 Å². The van der Waals surface area contributed by atoms with Crippen LogP contribution in [0, 0.1) is 0 Å². The molecule has 4 heterocycles. The molecule has 6 heteroatoms. The van der Waals surface area contributed by atoms with E-state index in [1.165, 1.54) is 5.69 Å². The third kappa shape index (κ3) is 2.34. The van der Waals surface area contributed by atoms with Crippen molar-refractivity contribution in [3.8, 4) is 11.4 Å². The molecule has 3 aromatic rings. The summed E-state index contributed by atoms with van der Waals surface area (Å²) < 4.78 is 1.81. The molecule has 6 nitrogen and oxygen atoms in total. The molecule has 1 aliphatic rings. The molecular weight excluding hydrogens is 264 g/mol. The summed E-state index contributed by atoms with van der Waals surface area (Å²) in [5.41, 5.74) is 3.00. The number of aromatic nitrogens is 4. The number of fused-ring (bicyclic) bond motifs is 1. The maximum Gasteiger partial charge on any atom is 0.183 e. The van der Waals surface area contributed by atoms with Gasteiger partial charge in [-0.1, -0.05) is 0 Å². The fourth-order valence-electron chi connectivity index (χ4n) is 2.61. The normalized spacial score (nSPS) is 15.5. The summed E-state index contributed by atoms with van der Waals surface area (Å²) in [5, 5.41) is 7.87. The van der Waals surface area contributed by atoms with Gasteiger partial charge in [-0.3, -0.25) is 4.98 Å². The molecule has 0 atom stereocenters. The lowest BCUT2D eigenvalue weighted by molar-refractivity contribution is 0.589. The fraction of sp³-hybridized carbons (Fsp3) is 0.267. The summed E-state index contributed by atoms with van der Waals surface area (Å²) in [4.78, 5) is 11.1. The molecule has 1 N–H and O–H groups in total. The molecular formula is C15H16N6. The highest BCUT2D eigenvalue weighted by Gasteiger charge is 2.12. The van der Waals surface area contributed by atoms with Crippen molar-refractivity contribution >= 4 is 11.3 Å². The third-order valence-corrected chi connectivity index (χ3v) is 3.72. The van der Waals surface area contributed by atoms with Crippen molar-refractivity contribution in [3.05, 3.63) is 42.9 Å². The summed E-state index contributed by atoms with van der Waals surface area (Å²) in [6.45, 7) is 4.11. The smallest absolute Gasteiger partial charge is 0.183 e. The molecule has 0 spiro atoms. The Morgan fingerprint density at radius 3 is 2.86 bits per heavy atom. The molecule has 0 bridgehead atoms. The molecule has 21 heavy (non-hydrogen) atoms. The van der Waals surface area contributed by atoms with Gasteiger partial charge in [-0.05, 0) is 18.2 Å². The van der Waals surface area contributed by atoms with Gasteiger partial charge in [0.2, 0.25) is 0 Å². The van der Waals surface area contributed by atoms with Gasteiger partial charge >= 0.3 is 0 Å². The van der Waals surface area contributed by atoms with Gasteiger partial charge < -0.3 is 10.2 Å². The minimum Gasteiger partial charge on any atom is -0.369 e. The molecule has 0 amide bonds. The summed E-state index contributed by atoms with van der Waals surface area (Å²) in [7, 11) is 0. The van der Waals surface area contributed by atoms with Gasteiger partial charge in [-0.15, -0.1) is 5.10 Å². The molecule has 0 aromatic carbocycles. The Morgan fingerprint density at radius 1 is 1.14 bits per heavy atom. The zero-order valence-electron chi connectivity index (χ0n) is 11.6. The van der Waals surface area contributed by atoms with Gasteiger partial charge in [0.05, 0.1) is 0 Å². The Hall–Kier alpha value is -2.47. The molecule has 3 aromatic heterocycles. The van der Waals surface area contributed by atoms with Crippen molar-refractivity contribution in [1.29, 1.82) is 0 Å². The SMILES string of the molecule is c1cncc(-c2nc3cc(N4CCNCC4)ccn3n2)c1. The van der Waals surface area contributed by atoms with E-state index in [1.807, 2.05) is 22.8 Å². The molecule has 106 valence electrons. The lowest BCUT2D eigenvalue weighted by atomic mass is 10.3. The van der Waals surface area contributed by atoms with Gasteiger partial charge in [0, 0.05) is 62.1 Å². The first kappa shape index (κ1) is 12.3. The number of pyridine rings is 2. The molecule has 1 saturated heterocycles. The van der Waals surface area contributed by atoms with Crippen LogP contribution >= 0.6 is 0 Å². The minimum absolute atomic E-state index is 0.709. The number of nitrogens with zero attached hydrogens (tertiary/aromatic N) is 5. The highest BCUT2D eigenvalue weighted by Crippen LogP contribution is 2.19. The van der Waals surface area contributed by atoms with E-state index in [2.05, 4.69) is 37.4 Å². The Balaban J connectivity index is 1.71. The zero-order chi connectivity index (χ0) is 14.1. The number of hydrogen-bond donors (Lipinski definition) is 1. The van der Waals surface area contributed by atoms with Crippen LogP contribution in [-0.2, 0) is 0 Å². The van der Waals surface area contributed by atoms with Crippen LogP contribution in [0.2, 0.25) is 0 Å². The molecule has 0 unspecified atom stereocenters. The van der Waals surface area contributed by atoms with E-state index in [0.717, 1.165) is 37.4 Å². The lowest BCUT2D eigenvalue weighted by Crippen LogP contribution is -2.43. The summed E-state index contributed by atoms with van der Waals surface area (Å²) >= 11 is 0. The Bertz CT molecular complexity index is 745. The number of piperazine rings is 1. The van der Waals surface area contributed by atoms with Crippen molar-refractivity contribution in [1.82, 2.24) is 24.9 Å². The van der Waals surface area contributed by atoms with Crippen LogP contribution in [-0.4, -0.2) is 45.8 Å². The van der Waals surface area contributed by atoms with Gasteiger partial charge in [0.15, 0.2) is 11.5 Å². The fourth-order valence-corrected chi connectivity index (χ4v) is 2.61. The van der Waals surface area contributed by atoms with Gasteiger partial charge in [-0.2, -0.15) is 0 Å². The largest absolute Gasteiger partial charge is 0.369 e. The number of nitrogens with one attached hydrogen (secondary N) is 1. The average molecular weight is 280 g/mol. The molecule has 0 radical (unpaired) electrons. The number of hydrogen-bond acceptors (Lipinski definition) is 5. The van der Waals surface area contributed by atoms with E-state index in [9.17, 15) is 0 Å². The van der Waals surface area contributed by atoms with Crippen LogP contribution in [0.1, 0.15) is 0 Å². The zero-order valence-corrected chi connectivity index (χ0v) is 11.6. The van der Waals surface area contributed by atoms with Crippen LogP contribution in [0.5, 0.6) is 0 Å². The molecule has 1 fully saturated rings. The molecule has 0 saturated carbocycles. The maximum atomic E-state index is 4.61. The van der Waals surface area contributed by atoms with Gasteiger partial charge in [-0.25, -0.2) is 9.50 Å². The second-order valence-electron chi connectivity index (χ2n) is 5.10. The van der Waals surface area contributed by atoms with Crippen LogP contribution in [0.3, 0.4) is 0 Å². The topological polar surface area (TPSA) is 58.4 Å². The average Bonchev–Trinajstić information content (AvgIpc) is 2.99.